The summed E-state index contributed by atoms with van der Waals surface area (Å²) in [6, 6.07) is 10.0. The van der Waals surface area contributed by atoms with Gasteiger partial charge in [0.05, 0.1) is 4.90 Å². The maximum Gasteiger partial charge on any atom is 0.266 e. The van der Waals surface area contributed by atoms with E-state index in [-0.39, 0.29) is 10.5 Å². The Kier molecular flexibility index (Phi) is 8.31. The molecule has 8 nitrogen and oxygen atoms in total. The molecule has 9 heteroatoms. The summed E-state index contributed by atoms with van der Waals surface area (Å²) in [4.78, 5) is 15.1. The van der Waals surface area contributed by atoms with Crippen LogP contribution in [0.15, 0.2) is 40.8 Å². The van der Waals surface area contributed by atoms with Crippen LogP contribution in [0.5, 0.6) is 0 Å². The van der Waals surface area contributed by atoms with Crippen LogP contribution in [0.1, 0.15) is 37.2 Å². The van der Waals surface area contributed by atoms with Crippen molar-refractivity contribution in [2.75, 3.05) is 38.0 Å². The molecule has 3 rings (SSSR count). The van der Waals surface area contributed by atoms with Gasteiger partial charge in [0.25, 0.3) is 5.91 Å². The Morgan fingerprint density at radius 3 is 2.32 bits per heavy atom. The summed E-state index contributed by atoms with van der Waals surface area (Å²) < 4.78 is 29.6. The molecular formula is C25H33N5O3S. The van der Waals surface area contributed by atoms with Crippen molar-refractivity contribution < 1.29 is 13.2 Å². The molecule has 1 amide bonds. The van der Waals surface area contributed by atoms with E-state index in [0.29, 0.717) is 31.9 Å². The van der Waals surface area contributed by atoms with Gasteiger partial charge in [-0.2, -0.15) is 9.57 Å². The number of anilines is 1. The Bertz CT molecular complexity index is 1200. The summed E-state index contributed by atoms with van der Waals surface area (Å²) in [7, 11) is -3.58. The molecule has 0 spiro atoms. The normalized spacial score (nSPS) is 15.8. The number of nitriles is 1. The van der Waals surface area contributed by atoms with Crippen LogP contribution >= 0.6 is 0 Å². The molecule has 0 atom stereocenters. The van der Waals surface area contributed by atoms with Gasteiger partial charge in [-0.25, -0.2) is 8.42 Å². The van der Waals surface area contributed by atoms with E-state index in [2.05, 4.69) is 28.6 Å². The molecule has 1 saturated heterocycles. The number of aromatic nitrogens is 1. The number of likely N-dealkylation sites (N-methyl/N-ethyl adjacent to an activating group) is 1. The standard InChI is InChI=1S/C25H33N5O3S/c1-5-11-30-19(3)16-21(20(30)4)17-22(18-26)25(31)27-23-7-9-24(10-8-23)34(32,33)29-14-12-28(6-2)13-15-29/h7-10,16-17H,5-6,11-15H2,1-4H3,(H,27,31)/b22-17+. The number of hydrogen-bond donors (Lipinski definition) is 1. The highest BCUT2D eigenvalue weighted by Crippen LogP contribution is 2.22. The van der Waals surface area contributed by atoms with Crippen LogP contribution in [0.2, 0.25) is 0 Å². The number of rotatable bonds is 8. The highest BCUT2D eigenvalue weighted by atomic mass is 32.2. The second kappa shape index (κ2) is 11.0. The monoisotopic (exact) mass is 483 g/mol. The summed E-state index contributed by atoms with van der Waals surface area (Å²) in [6.45, 7) is 12.3. The Balaban J connectivity index is 1.72. The zero-order valence-electron chi connectivity index (χ0n) is 20.3. The minimum Gasteiger partial charge on any atom is -0.349 e. The van der Waals surface area contributed by atoms with Crippen LogP contribution in [0, 0.1) is 25.2 Å². The lowest BCUT2D eigenvalue weighted by Gasteiger charge is -2.33. The van der Waals surface area contributed by atoms with Crippen LogP contribution in [-0.2, 0) is 21.4 Å². The lowest BCUT2D eigenvalue weighted by Crippen LogP contribution is -2.48. The second-order valence-corrected chi connectivity index (χ2v) is 10.4. The number of hydrogen-bond acceptors (Lipinski definition) is 5. The van der Waals surface area contributed by atoms with E-state index < -0.39 is 15.9 Å². The minimum absolute atomic E-state index is 0.0118. The first-order chi connectivity index (χ1) is 16.2. The maximum atomic E-state index is 12.9. The predicted molar refractivity (Wildman–Crippen MR) is 134 cm³/mol. The van der Waals surface area contributed by atoms with Gasteiger partial charge in [0, 0.05) is 49.8 Å². The van der Waals surface area contributed by atoms with Crippen LogP contribution in [0.4, 0.5) is 5.69 Å². The lowest BCUT2D eigenvalue weighted by atomic mass is 10.1. The molecule has 1 aliphatic rings. The van der Waals surface area contributed by atoms with Crippen molar-refractivity contribution in [2.45, 2.75) is 45.6 Å². The van der Waals surface area contributed by atoms with Gasteiger partial charge in [-0.3, -0.25) is 4.79 Å². The third kappa shape index (κ3) is 5.58. The van der Waals surface area contributed by atoms with Gasteiger partial charge >= 0.3 is 0 Å². The van der Waals surface area contributed by atoms with Gasteiger partial charge in [-0.1, -0.05) is 13.8 Å². The highest BCUT2D eigenvalue weighted by Gasteiger charge is 2.28. The van der Waals surface area contributed by atoms with E-state index in [1.165, 1.54) is 16.4 Å². The fourth-order valence-corrected chi connectivity index (χ4v) is 5.61. The number of sulfonamides is 1. The molecule has 182 valence electrons. The van der Waals surface area contributed by atoms with Crippen LogP contribution in [0.25, 0.3) is 6.08 Å². The van der Waals surface area contributed by atoms with Gasteiger partial charge in [0.15, 0.2) is 0 Å². The fourth-order valence-electron chi connectivity index (χ4n) is 4.19. The van der Waals surface area contributed by atoms with E-state index in [0.717, 1.165) is 36.5 Å². The Labute approximate surface area is 202 Å². The predicted octanol–water partition coefficient (Wildman–Crippen LogP) is 3.39. The Morgan fingerprint density at radius 2 is 1.76 bits per heavy atom. The smallest absolute Gasteiger partial charge is 0.266 e. The first-order valence-corrected chi connectivity index (χ1v) is 13.1. The number of nitrogens with zero attached hydrogens (tertiary/aromatic N) is 4. The molecule has 34 heavy (non-hydrogen) atoms. The van der Waals surface area contributed by atoms with Gasteiger partial charge in [0.1, 0.15) is 11.6 Å². The topological polar surface area (TPSA) is 98.4 Å². The van der Waals surface area contributed by atoms with Crippen LogP contribution in [0.3, 0.4) is 0 Å². The number of benzene rings is 1. The third-order valence-electron chi connectivity index (χ3n) is 6.25. The summed E-state index contributed by atoms with van der Waals surface area (Å²) in [5, 5.41) is 12.3. The largest absolute Gasteiger partial charge is 0.349 e. The van der Waals surface area contributed by atoms with Crippen molar-refractivity contribution in [1.29, 1.82) is 5.26 Å². The minimum atomic E-state index is -3.58. The molecule has 0 saturated carbocycles. The van der Waals surface area contributed by atoms with Crippen molar-refractivity contribution in [2.24, 2.45) is 0 Å². The van der Waals surface area contributed by atoms with Crippen molar-refractivity contribution in [3.05, 3.63) is 52.9 Å². The average Bonchev–Trinajstić information content (AvgIpc) is 3.10. The van der Waals surface area contributed by atoms with E-state index in [4.69, 9.17) is 0 Å². The Morgan fingerprint density at radius 1 is 1.12 bits per heavy atom. The zero-order chi connectivity index (χ0) is 24.9. The van der Waals surface area contributed by atoms with E-state index in [1.54, 1.807) is 18.2 Å². The summed E-state index contributed by atoms with van der Waals surface area (Å²) in [6.07, 6.45) is 2.59. The molecule has 0 unspecified atom stereocenters. The zero-order valence-corrected chi connectivity index (χ0v) is 21.2. The molecule has 1 aliphatic heterocycles. The van der Waals surface area contributed by atoms with Crippen molar-refractivity contribution in [3.8, 4) is 6.07 Å². The molecular weight excluding hydrogens is 450 g/mol. The van der Waals surface area contributed by atoms with Gasteiger partial charge < -0.3 is 14.8 Å². The van der Waals surface area contributed by atoms with Crippen molar-refractivity contribution in [1.82, 2.24) is 13.8 Å². The van der Waals surface area contributed by atoms with Gasteiger partial charge in [-0.05, 0) is 68.8 Å². The van der Waals surface area contributed by atoms with E-state index in [9.17, 15) is 18.5 Å². The molecule has 2 heterocycles. The van der Waals surface area contributed by atoms with E-state index >= 15 is 0 Å². The first-order valence-electron chi connectivity index (χ1n) is 11.6. The summed E-state index contributed by atoms with van der Waals surface area (Å²) in [5.41, 5.74) is 3.34. The van der Waals surface area contributed by atoms with Gasteiger partial charge in [-0.15, -0.1) is 0 Å². The number of nitrogens with one attached hydrogen (secondary N) is 1. The molecule has 1 N–H and O–H groups in total. The molecule has 1 fully saturated rings. The van der Waals surface area contributed by atoms with Crippen molar-refractivity contribution in [3.63, 3.8) is 0 Å². The van der Waals surface area contributed by atoms with E-state index in [1.807, 2.05) is 26.0 Å². The first kappa shape index (κ1) is 25.7. The quantitative estimate of drug-likeness (QED) is 0.458. The van der Waals surface area contributed by atoms with Gasteiger partial charge in [0.2, 0.25) is 10.0 Å². The fraction of sp³-hybridized carbons (Fsp3) is 0.440. The third-order valence-corrected chi connectivity index (χ3v) is 8.17. The SMILES string of the molecule is CCCn1c(C)cc(/C=C(\C#N)C(=O)Nc2ccc(S(=O)(=O)N3CCN(CC)CC3)cc2)c1C. The molecule has 0 radical (unpaired) electrons. The second-order valence-electron chi connectivity index (χ2n) is 8.46. The highest BCUT2D eigenvalue weighted by molar-refractivity contribution is 7.89. The molecule has 1 aromatic heterocycles. The maximum absolute atomic E-state index is 12.9. The number of aryl methyl sites for hydroxylation is 1. The molecule has 0 bridgehead atoms. The number of piperazine rings is 1. The molecule has 2 aromatic rings. The van der Waals surface area contributed by atoms with Crippen molar-refractivity contribution >= 4 is 27.7 Å². The number of carbonyl (C=O) groups is 1. The lowest BCUT2D eigenvalue weighted by molar-refractivity contribution is -0.112. The van der Waals surface area contributed by atoms with Crippen LogP contribution in [-0.4, -0.2) is 60.8 Å². The Hall–Kier alpha value is -2.93. The van der Waals surface area contributed by atoms with Crippen LogP contribution < -0.4 is 5.32 Å². The number of carbonyl (C=O) groups excluding carboxylic acids is 1. The summed E-state index contributed by atoms with van der Waals surface area (Å²) in [5.74, 6) is -0.533. The summed E-state index contributed by atoms with van der Waals surface area (Å²) >= 11 is 0. The number of amides is 1. The average molecular weight is 484 g/mol. The molecule has 0 aliphatic carbocycles. The molecule has 1 aromatic carbocycles.